The first-order valence-corrected chi connectivity index (χ1v) is 4.00. The van der Waals surface area contributed by atoms with Gasteiger partial charge >= 0.3 is 0 Å². The highest BCUT2D eigenvalue weighted by Gasteiger charge is 2.21. The SMILES string of the molecule is O[C@@H]1CCCC[C@H]1N=C=S. The monoisotopic (exact) mass is 157 g/mol. The highest BCUT2D eigenvalue weighted by molar-refractivity contribution is 7.78. The van der Waals surface area contributed by atoms with E-state index in [9.17, 15) is 5.11 Å². The molecule has 0 radical (unpaired) electrons. The predicted molar refractivity (Wildman–Crippen MR) is 43.3 cm³/mol. The number of aliphatic hydroxyl groups excluding tert-OH is 1. The average molecular weight is 157 g/mol. The summed E-state index contributed by atoms with van der Waals surface area (Å²) in [6.45, 7) is 0. The fourth-order valence-corrected chi connectivity index (χ4v) is 1.45. The number of isothiocyanates is 1. The Balaban J connectivity index is 2.47. The molecule has 1 N–H and O–H groups in total. The molecule has 0 spiro atoms. The van der Waals surface area contributed by atoms with Crippen LogP contribution in [0.1, 0.15) is 25.7 Å². The van der Waals surface area contributed by atoms with Gasteiger partial charge in [-0.25, -0.2) is 4.99 Å². The van der Waals surface area contributed by atoms with Gasteiger partial charge in [0.15, 0.2) is 0 Å². The second-order valence-electron chi connectivity index (χ2n) is 2.64. The summed E-state index contributed by atoms with van der Waals surface area (Å²) < 4.78 is 0. The molecule has 0 amide bonds. The number of hydrogen-bond acceptors (Lipinski definition) is 3. The van der Waals surface area contributed by atoms with E-state index in [0.29, 0.717) is 0 Å². The van der Waals surface area contributed by atoms with Crippen LogP contribution in [0.15, 0.2) is 4.99 Å². The summed E-state index contributed by atoms with van der Waals surface area (Å²) in [5, 5.41) is 11.6. The summed E-state index contributed by atoms with van der Waals surface area (Å²) in [6.07, 6.45) is 3.83. The molecule has 1 saturated carbocycles. The zero-order valence-corrected chi connectivity index (χ0v) is 6.60. The largest absolute Gasteiger partial charge is 0.391 e. The van der Waals surface area contributed by atoms with Gasteiger partial charge in [0.2, 0.25) is 0 Å². The first kappa shape index (κ1) is 7.86. The standard InChI is InChI=1S/C7H11NOS/c9-7-4-2-1-3-6(7)8-5-10/h6-7,9H,1-4H2/t6-,7-/m1/s1. The number of hydrogen-bond donors (Lipinski definition) is 1. The minimum atomic E-state index is -0.274. The van der Waals surface area contributed by atoms with Crippen LogP contribution in [0.5, 0.6) is 0 Å². The van der Waals surface area contributed by atoms with Crippen LogP contribution in [0.4, 0.5) is 0 Å². The normalized spacial score (nSPS) is 32.9. The molecule has 56 valence electrons. The van der Waals surface area contributed by atoms with Gasteiger partial charge in [-0.3, -0.25) is 0 Å². The van der Waals surface area contributed by atoms with Crippen LogP contribution >= 0.6 is 12.2 Å². The fraction of sp³-hybridized carbons (Fsp3) is 0.857. The van der Waals surface area contributed by atoms with Gasteiger partial charge in [-0.15, -0.1) is 0 Å². The number of aliphatic imine (C=N–C) groups is 1. The average Bonchev–Trinajstić information content (AvgIpc) is 1.94. The zero-order chi connectivity index (χ0) is 7.40. The lowest BCUT2D eigenvalue weighted by molar-refractivity contribution is 0.110. The summed E-state index contributed by atoms with van der Waals surface area (Å²) in [6, 6.07) is 0.0336. The molecule has 0 aromatic heterocycles. The van der Waals surface area contributed by atoms with Gasteiger partial charge in [0.1, 0.15) is 0 Å². The van der Waals surface area contributed by atoms with E-state index in [1.807, 2.05) is 0 Å². The van der Waals surface area contributed by atoms with E-state index in [4.69, 9.17) is 0 Å². The molecule has 0 heterocycles. The summed E-state index contributed by atoms with van der Waals surface area (Å²) >= 11 is 4.46. The molecule has 0 aliphatic heterocycles. The molecule has 2 nitrogen and oxygen atoms in total. The molecular weight excluding hydrogens is 146 g/mol. The number of aliphatic hydroxyl groups is 1. The molecule has 0 saturated heterocycles. The molecule has 2 atom stereocenters. The first-order valence-electron chi connectivity index (χ1n) is 3.59. The van der Waals surface area contributed by atoms with Crippen molar-refractivity contribution in [3.05, 3.63) is 0 Å². The highest BCUT2D eigenvalue weighted by Crippen LogP contribution is 2.20. The van der Waals surface area contributed by atoms with Crippen LogP contribution in [0.25, 0.3) is 0 Å². The van der Waals surface area contributed by atoms with Crippen LogP contribution in [0, 0.1) is 0 Å². The lowest BCUT2D eigenvalue weighted by Gasteiger charge is -2.22. The lowest BCUT2D eigenvalue weighted by atomic mass is 9.93. The van der Waals surface area contributed by atoms with E-state index >= 15 is 0 Å². The van der Waals surface area contributed by atoms with Crippen molar-refractivity contribution in [1.29, 1.82) is 0 Å². The minimum Gasteiger partial charge on any atom is -0.391 e. The molecule has 1 aliphatic carbocycles. The maximum atomic E-state index is 9.32. The molecule has 0 bridgehead atoms. The Hall–Kier alpha value is -0.240. The third-order valence-corrected chi connectivity index (χ3v) is 2.02. The predicted octanol–water partition coefficient (Wildman–Crippen LogP) is 1.39. The third-order valence-electron chi connectivity index (χ3n) is 1.91. The number of rotatable bonds is 1. The second-order valence-corrected chi connectivity index (χ2v) is 2.82. The molecule has 0 aromatic carbocycles. The van der Waals surface area contributed by atoms with E-state index in [1.54, 1.807) is 0 Å². The Bertz CT molecular complexity index is 154. The zero-order valence-electron chi connectivity index (χ0n) is 5.79. The van der Waals surface area contributed by atoms with Crippen LogP contribution in [0.2, 0.25) is 0 Å². The van der Waals surface area contributed by atoms with Gasteiger partial charge in [-0.1, -0.05) is 12.8 Å². The van der Waals surface area contributed by atoms with E-state index in [2.05, 4.69) is 22.4 Å². The maximum Gasteiger partial charge on any atom is 0.0861 e. The molecule has 1 rings (SSSR count). The molecule has 10 heavy (non-hydrogen) atoms. The van der Waals surface area contributed by atoms with Crippen LogP contribution in [0.3, 0.4) is 0 Å². The van der Waals surface area contributed by atoms with Crippen molar-refractivity contribution in [3.8, 4) is 0 Å². The van der Waals surface area contributed by atoms with Gasteiger partial charge in [0.25, 0.3) is 0 Å². The first-order chi connectivity index (χ1) is 4.84. The van der Waals surface area contributed by atoms with Crippen molar-refractivity contribution in [1.82, 2.24) is 0 Å². The van der Waals surface area contributed by atoms with Crippen molar-refractivity contribution in [3.63, 3.8) is 0 Å². The van der Waals surface area contributed by atoms with Gasteiger partial charge in [-0.2, -0.15) is 0 Å². The summed E-state index contributed by atoms with van der Waals surface area (Å²) in [4.78, 5) is 3.88. The molecule has 0 aromatic rings. The van der Waals surface area contributed by atoms with Crippen LogP contribution in [-0.4, -0.2) is 22.4 Å². The van der Waals surface area contributed by atoms with E-state index in [-0.39, 0.29) is 12.1 Å². The topological polar surface area (TPSA) is 32.6 Å². The highest BCUT2D eigenvalue weighted by atomic mass is 32.1. The maximum absolute atomic E-state index is 9.32. The van der Waals surface area contributed by atoms with E-state index in [1.165, 1.54) is 0 Å². The van der Waals surface area contributed by atoms with Gasteiger partial charge in [-0.05, 0) is 25.1 Å². The van der Waals surface area contributed by atoms with Crippen molar-refractivity contribution >= 4 is 17.4 Å². The molecule has 1 fully saturated rings. The Kier molecular flexibility index (Phi) is 3.00. The quantitative estimate of drug-likeness (QED) is 0.461. The minimum absolute atomic E-state index is 0.0336. The fourth-order valence-electron chi connectivity index (χ4n) is 1.31. The molecule has 1 aliphatic rings. The summed E-state index contributed by atoms with van der Waals surface area (Å²) in [5.41, 5.74) is 0. The van der Waals surface area contributed by atoms with Gasteiger partial charge in [0, 0.05) is 0 Å². The smallest absolute Gasteiger partial charge is 0.0861 e. The van der Waals surface area contributed by atoms with Crippen LogP contribution < -0.4 is 0 Å². The van der Waals surface area contributed by atoms with Crippen molar-refractivity contribution < 1.29 is 5.11 Å². The Morgan fingerprint density at radius 3 is 2.70 bits per heavy atom. The van der Waals surface area contributed by atoms with Crippen molar-refractivity contribution in [2.45, 2.75) is 37.8 Å². The summed E-state index contributed by atoms with van der Waals surface area (Å²) in [5.74, 6) is 0. The van der Waals surface area contributed by atoms with Crippen molar-refractivity contribution in [2.75, 3.05) is 0 Å². The number of nitrogens with zero attached hydrogens (tertiary/aromatic N) is 1. The Morgan fingerprint density at radius 1 is 1.40 bits per heavy atom. The van der Waals surface area contributed by atoms with Gasteiger partial charge in [0.05, 0.1) is 17.3 Å². The molecule has 3 heteroatoms. The lowest BCUT2D eigenvalue weighted by Crippen LogP contribution is -2.27. The summed E-state index contributed by atoms with van der Waals surface area (Å²) in [7, 11) is 0. The Labute approximate surface area is 66.0 Å². The van der Waals surface area contributed by atoms with E-state index < -0.39 is 0 Å². The second kappa shape index (κ2) is 3.81. The van der Waals surface area contributed by atoms with Gasteiger partial charge < -0.3 is 5.11 Å². The molecular formula is C7H11NOS. The van der Waals surface area contributed by atoms with Crippen molar-refractivity contribution in [2.24, 2.45) is 4.99 Å². The van der Waals surface area contributed by atoms with E-state index in [0.717, 1.165) is 25.7 Å². The van der Waals surface area contributed by atoms with Crippen LogP contribution in [-0.2, 0) is 0 Å². The third kappa shape index (κ3) is 1.87. The molecule has 0 unspecified atom stereocenters. The Morgan fingerprint density at radius 2 is 2.10 bits per heavy atom. The number of thiocarbonyl (C=S) groups is 1.